The summed E-state index contributed by atoms with van der Waals surface area (Å²) in [6.07, 6.45) is 19.0. The minimum atomic E-state index is -0.137. The topological polar surface area (TPSA) is 8.17 Å². The van der Waals surface area contributed by atoms with Crippen molar-refractivity contribution in [2.75, 3.05) is 4.90 Å². The van der Waals surface area contributed by atoms with Crippen molar-refractivity contribution in [1.29, 1.82) is 0 Å². The molecule has 0 saturated heterocycles. The van der Waals surface area contributed by atoms with E-state index in [1.54, 1.807) is 0 Å². The summed E-state index contributed by atoms with van der Waals surface area (Å²) in [5, 5.41) is 7.68. The van der Waals surface area contributed by atoms with Gasteiger partial charge in [0.05, 0.1) is 5.52 Å². The van der Waals surface area contributed by atoms with Gasteiger partial charge in [0.1, 0.15) is 0 Å². The summed E-state index contributed by atoms with van der Waals surface area (Å²) in [6, 6.07) is 63.6. The number of rotatable bonds is 7. The van der Waals surface area contributed by atoms with Crippen LogP contribution in [0.5, 0.6) is 0 Å². The Kier molecular flexibility index (Phi) is 8.60. The fourth-order valence-corrected chi connectivity index (χ4v) is 9.70. The summed E-state index contributed by atoms with van der Waals surface area (Å²) in [7, 11) is 2.19. The summed E-state index contributed by atoms with van der Waals surface area (Å²) in [4.78, 5) is 2.33. The number of aryl methyl sites for hydroxylation is 1. The van der Waals surface area contributed by atoms with Gasteiger partial charge >= 0.3 is 0 Å². The zero-order valence-electron chi connectivity index (χ0n) is 33.8. The standard InChI is InChI=1S/C58H44N2/c1-58-35-34-43(57-53-25-15-13-23-49(53)48-22-12-14-24-52(48)56(57)42-16-6-3-7-17-42)37-44(58)30-28-41(39-58)27-26-40-29-32-50-51-33-31-47(38-55(51)59(2)54(50)36-40)60(45-18-8-4-9-19-45)46-20-10-5-11-21-46/h3-39,44H,1-2H3/b27-26+. The molecular formula is C58H44N2. The van der Waals surface area contributed by atoms with Crippen molar-refractivity contribution in [3.63, 3.8) is 0 Å². The molecule has 1 heterocycles. The Morgan fingerprint density at radius 1 is 0.517 bits per heavy atom. The Morgan fingerprint density at radius 3 is 1.75 bits per heavy atom. The number of para-hydroxylation sites is 2. The number of hydrogen-bond acceptors (Lipinski definition) is 1. The van der Waals surface area contributed by atoms with Crippen molar-refractivity contribution in [3.8, 4) is 11.1 Å². The molecule has 0 bridgehead atoms. The van der Waals surface area contributed by atoms with E-state index < -0.39 is 0 Å². The van der Waals surface area contributed by atoms with E-state index in [0.717, 1.165) is 17.1 Å². The van der Waals surface area contributed by atoms with Gasteiger partial charge in [-0.25, -0.2) is 0 Å². The minimum absolute atomic E-state index is 0.137. The average Bonchev–Trinajstić information content (AvgIpc) is 3.58. The summed E-state index contributed by atoms with van der Waals surface area (Å²) in [6.45, 7) is 2.36. The normalized spacial score (nSPS) is 17.4. The van der Waals surface area contributed by atoms with E-state index in [1.165, 1.54) is 76.8 Å². The highest BCUT2D eigenvalue weighted by Gasteiger charge is 2.33. The van der Waals surface area contributed by atoms with Crippen LogP contribution in [0.25, 0.3) is 66.1 Å². The third kappa shape index (κ3) is 6.03. The molecule has 2 unspecified atom stereocenters. The number of benzene rings is 8. The fraction of sp³-hybridized carbons (Fsp3) is 0.0690. The van der Waals surface area contributed by atoms with Crippen LogP contribution in [0.1, 0.15) is 18.1 Å². The highest BCUT2D eigenvalue weighted by atomic mass is 15.1. The number of hydrogen-bond donors (Lipinski definition) is 0. The van der Waals surface area contributed by atoms with Crippen LogP contribution in [-0.4, -0.2) is 4.57 Å². The van der Waals surface area contributed by atoms with Crippen LogP contribution in [0.4, 0.5) is 17.1 Å². The maximum Gasteiger partial charge on any atom is 0.0509 e. The maximum absolute atomic E-state index is 2.49. The molecule has 286 valence electrons. The van der Waals surface area contributed by atoms with Crippen LogP contribution in [0.2, 0.25) is 0 Å². The van der Waals surface area contributed by atoms with E-state index in [9.17, 15) is 0 Å². The third-order valence-corrected chi connectivity index (χ3v) is 12.7. The van der Waals surface area contributed by atoms with Crippen molar-refractivity contribution in [2.45, 2.75) is 6.92 Å². The van der Waals surface area contributed by atoms with Gasteiger partial charge in [0.25, 0.3) is 0 Å². The molecule has 60 heavy (non-hydrogen) atoms. The Morgan fingerprint density at radius 2 is 1.08 bits per heavy atom. The van der Waals surface area contributed by atoms with Gasteiger partial charge < -0.3 is 9.47 Å². The van der Waals surface area contributed by atoms with Gasteiger partial charge in [0, 0.05) is 51.7 Å². The monoisotopic (exact) mass is 768 g/mol. The molecule has 0 amide bonds. The Hall–Kier alpha value is -7.42. The van der Waals surface area contributed by atoms with Gasteiger partial charge in [-0.2, -0.15) is 0 Å². The molecular weight excluding hydrogens is 725 g/mol. The number of anilines is 3. The van der Waals surface area contributed by atoms with Crippen LogP contribution in [0.3, 0.4) is 0 Å². The Labute approximate surface area is 351 Å². The molecule has 0 radical (unpaired) electrons. The van der Waals surface area contributed by atoms with Crippen molar-refractivity contribution in [1.82, 2.24) is 4.57 Å². The second-order valence-corrected chi connectivity index (χ2v) is 16.4. The smallest absolute Gasteiger partial charge is 0.0509 e. The van der Waals surface area contributed by atoms with E-state index in [1.807, 2.05) is 0 Å². The van der Waals surface area contributed by atoms with Gasteiger partial charge in [-0.3, -0.25) is 0 Å². The number of aromatic nitrogens is 1. The molecule has 1 aromatic heterocycles. The first kappa shape index (κ1) is 35.7. The summed E-state index contributed by atoms with van der Waals surface area (Å²) in [5.74, 6) is 0.236. The molecule has 9 aromatic rings. The van der Waals surface area contributed by atoms with E-state index >= 15 is 0 Å². The lowest BCUT2D eigenvalue weighted by molar-refractivity contribution is 0.452. The maximum atomic E-state index is 2.49. The lowest BCUT2D eigenvalue weighted by atomic mass is 9.68. The molecule has 2 nitrogen and oxygen atoms in total. The van der Waals surface area contributed by atoms with E-state index in [0.29, 0.717) is 0 Å². The molecule has 8 aromatic carbocycles. The summed E-state index contributed by atoms with van der Waals surface area (Å²) >= 11 is 0. The molecule has 2 heteroatoms. The van der Waals surface area contributed by atoms with Gasteiger partial charge in [-0.15, -0.1) is 0 Å². The molecule has 0 saturated carbocycles. The lowest BCUT2D eigenvalue weighted by Gasteiger charge is -2.35. The molecule has 0 spiro atoms. The van der Waals surface area contributed by atoms with E-state index in [-0.39, 0.29) is 11.3 Å². The molecule has 2 aliphatic carbocycles. The van der Waals surface area contributed by atoms with Crippen molar-refractivity contribution < 1.29 is 0 Å². The van der Waals surface area contributed by atoms with E-state index in [2.05, 4.69) is 248 Å². The van der Waals surface area contributed by atoms with E-state index in [4.69, 9.17) is 0 Å². The molecule has 0 aliphatic heterocycles. The Balaban J connectivity index is 0.913. The second kappa shape index (κ2) is 14.4. The SMILES string of the molecule is Cn1c2cc(/C=C/C3=CC4(C)C=CC(c5c(-c6ccccc6)c6ccccc6c6ccccc56)=CC4C=C3)ccc2c2ccc(N(c3ccccc3)c3ccccc3)cc21. The zero-order chi connectivity index (χ0) is 40.2. The average molecular weight is 769 g/mol. The third-order valence-electron chi connectivity index (χ3n) is 12.7. The summed E-state index contributed by atoms with van der Waals surface area (Å²) < 4.78 is 2.34. The number of nitrogens with zero attached hydrogens (tertiary/aromatic N) is 2. The van der Waals surface area contributed by atoms with Crippen LogP contribution in [0, 0.1) is 11.3 Å². The van der Waals surface area contributed by atoms with Crippen LogP contribution < -0.4 is 4.90 Å². The van der Waals surface area contributed by atoms with Gasteiger partial charge in [-0.05, 0) is 97.4 Å². The highest BCUT2D eigenvalue weighted by molar-refractivity contribution is 6.20. The first-order valence-electron chi connectivity index (χ1n) is 20.9. The molecule has 2 atom stereocenters. The molecule has 0 N–H and O–H groups in total. The first-order chi connectivity index (χ1) is 29.5. The predicted molar refractivity (Wildman–Crippen MR) is 257 cm³/mol. The Bertz CT molecular complexity index is 3230. The molecule has 11 rings (SSSR count). The zero-order valence-corrected chi connectivity index (χ0v) is 33.8. The summed E-state index contributed by atoms with van der Waals surface area (Å²) in [5.41, 5.74) is 13.2. The predicted octanol–water partition coefficient (Wildman–Crippen LogP) is 15.6. The van der Waals surface area contributed by atoms with Gasteiger partial charge in [-0.1, -0.05) is 189 Å². The quantitative estimate of drug-likeness (QED) is 0.147. The van der Waals surface area contributed by atoms with Crippen molar-refractivity contribution in [2.24, 2.45) is 18.4 Å². The lowest BCUT2D eigenvalue weighted by Crippen LogP contribution is -2.25. The minimum Gasteiger partial charge on any atom is -0.344 e. The second-order valence-electron chi connectivity index (χ2n) is 16.4. The van der Waals surface area contributed by atoms with Crippen LogP contribution in [0.15, 0.2) is 224 Å². The van der Waals surface area contributed by atoms with Gasteiger partial charge in [0.2, 0.25) is 0 Å². The number of fused-ring (bicyclic) bond motifs is 7. The van der Waals surface area contributed by atoms with Gasteiger partial charge in [0.15, 0.2) is 0 Å². The fourth-order valence-electron chi connectivity index (χ4n) is 9.70. The highest BCUT2D eigenvalue weighted by Crippen LogP contribution is 2.48. The van der Waals surface area contributed by atoms with Crippen LogP contribution in [-0.2, 0) is 7.05 Å². The molecule has 0 fully saturated rings. The molecule has 2 aliphatic rings. The first-order valence-corrected chi connectivity index (χ1v) is 20.9. The van der Waals surface area contributed by atoms with Crippen molar-refractivity contribution in [3.05, 3.63) is 235 Å². The largest absolute Gasteiger partial charge is 0.344 e. The van der Waals surface area contributed by atoms with Crippen LogP contribution >= 0.6 is 0 Å². The number of allylic oxidation sites excluding steroid dienone is 9. The van der Waals surface area contributed by atoms with Crippen molar-refractivity contribution >= 4 is 72.1 Å².